The van der Waals surface area contributed by atoms with Crippen molar-refractivity contribution in [2.24, 2.45) is 0 Å². The van der Waals surface area contributed by atoms with Gasteiger partial charge in [-0.1, -0.05) is 70.9 Å². The number of hydrogen-bond donors (Lipinski definition) is 0. The monoisotopic (exact) mass is 452 g/mol. The van der Waals surface area contributed by atoms with Gasteiger partial charge in [-0.2, -0.15) is 0 Å². The lowest BCUT2D eigenvalue weighted by Crippen LogP contribution is -2.22. The summed E-state index contributed by atoms with van der Waals surface area (Å²) in [5.41, 5.74) is 3.28. The van der Waals surface area contributed by atoms with E-state index in [9.17, 15) is 4.79 Å². The number of rotatable bonds is 4. The molecule has 0 atom stereocenters. The van der Waals surface area contributed by atoms with Crippen LogP contribution in [-0.4, -0.2) is 9.38 Å². The molecule has 0 bridgehead atoms. The summed E-state index contributed by atoms with van der Waals surface area (Å²) in [5, 5.41) is 0.995. The van der Waals surface area contributed by atoms with E-state index in [4.69, 9.17) is 27.9 Å². The summed E-state index contributed by atoms with van der Waals surface area (Å²) in [6, 6.07) is 20.6. The largest absolute Gasteiger partial charge is 0.488 e. The third-order valence-electron chi connectivity index (χ3n) is 4.73. The predicted octanol–water partition coefficient (Wildman–Crippen LogP) is 5.34. The molecule has 148 valence electrons. The number of thiazole rings is 1. The predicted molar refractivity (Wildman–Crippen MR) is 123 cm³/mol. The van der Waals surface area contributed by atoms with Gasteiger partial charge in [0.05, 0.1) is 25.6 Å². The summed E-state index contributed by atoms with van der Waals surface area (Å²) in [4.78, 5) is 18.2. The van der Waals surface area contributed by atoms with Crippen LogP contribution >= 0.6 is 34.5 Å². The average molecular weight is 453 g/mol. The first kappa shape index (κ1) is 19.1. The number of aromatic nitrogens is 2. The van der Waals surface area contributed by atoms with Crippen molar-refractivity contribution in [3.05, 3.63) is 103 Å². The molecule has 2 aromatic heterocycles. The van der Waals surface area contributed by atoms with Gasteiger partial charge in [0.15, 0.2) is 4.96 Å². The number of ether oxygens (including phenoxy) is 1. The van der Waals surface area contributed by atoms with E-state index in [1.165, 1.54) is 11.3 Å². The summed E-state index contributed by atoms with van der Waals surface area (Å²) < 4.78 is 8.27. The van der Waals surface area contributed by atoms with Crippen LogP contribution in [0.2, 0.25) is 10.0 Å². The van der Waals surface area contributed by atoms with Crippen LogP contribution in [0, 0.1) is 0 Å². The van der Waals surface area contributed by atoms with Crippen molar-refractivity contribution < 1.29 is 4.74 Å². The van der Waals surface area contributed by atoms with Gasteiger partial charge in [0.25, 0.3) is 5.56 Å². The molecule has 2 heterocycles. The molecule has 0 radical (unpaired) electrons. The van der Waals surface area contributed by atoms with Crippen LogP contribution < -0.4 is 14.8 Å². The molecule has 5 aromatic rings. The smallest absolute Gasteiger partial charge is 0.274 e. The fraction of sp³-hybridized carbons (Fsp3) is 0.0435. The molecule has 3 aromatic carbocycles. The fourth-order valence-electron chi connectivity index (χ4n) is 3.27. The van der Waals surface area contributed by atoms with E-state index in [1.54, 1.807) is 16.5 Å². The van der Waals surface area contributed by atoms with Gasteiger partial charge in [-0.25, -0.2) is 9.38 Å². The highest BCUT2D eigenvalue weighted by Crippen LogP contribution is 2.25. The molecular weight excluding hydrogens is 439 g/mol. The third-order valence-corrected chi connectivity index (χ3v) is 6.44. The molecule has 5 rings (SSSR count). The second kappa shape index (κ2) is 7.76. The molecule has 0 saturated heterocycles. The maximum Gasteiger partial charge on any atom is 0.274 e. The van der Waals surface area contributed by atoms with Gasteiger partial charge in [0, 0.05) is 5.56 Å². The molecular formula is C23H14Cl2N2O2S. The zero-order valence-corrected chi connectivity index (χ0v) is 17.8. The van der Waals surface area contributed by atoms with Crippen LogP contribution in [0.5, 0.6) is 5.75 Å². The molecule has 30 heavy (non-hydrogen) atoms. The van der Waals surface area contributed by atoms with E-state index < -0.39 is 0 Å². The van der Waals surface area contributed by atoms with Crippen molar-refractivity contribution in [2.45, 2.75) is 6.61 Å². The number of halogens is 2. The SMILES string of the molecule is O=c1c(=Cc2ccccc2OCc2ccc(Cl)c(Cl)c2)sc2nc3ccccc3n12. The lowest BCUT2D eigenvalue weighted by Gasteiger charge is -2.09. The number of imidazole rings is 1. The minimum Gasteiger partial charge on any atom is -0.488 e. The van der Waals surface area contributed by atoms with Gasteiger partial charge in [0.1, 0.15) is 12.4 Å². The normalized spacial score (nSPS) is 12.1. The Hall–Kier alpha value is -2.86. The first-order valence-electron chi connectivity index (χ1n) is 9.17. The van der Waals surface area contributed by atoms with E-state index in [-0.39, 0.29) is 5.56 Å². The Morgan fingerprint density at radius 2 is 1.80 bits per heavy atom. The summed E-state index contributed by atoms with van der Waals surface area (Å²) in [6.07, 6.45) is 1.85. The lowest BCUT2D eigenvalue weighted by molar-refractivity contribution is 0.305. The number of benzene rings is 3. The van der Waals surface area contributed by atoms with Gasteiger partial charge in [0.2, 0.25) is 0 Å². The van der Waals surface area contributed by atoms with Crippen LogP contribution in [0.3, 0.4) is 0 Å². The Bertz CT molecular complexity index is 1510. The zero-order chi connectivity index (χ0) is 20.7. The van der Waals surface area contributed by atoms with Crippen LogP contribution in [0.25, 0.3) is 22.1 Å². The van der Waals surface area contributed by atoms with Crippen molar-refractivity contribution in [1.29, 1.82) is 0 Å². The fourth-order valence-corrected chi connectivity index (χ4v) is 4.57. The zero-order valence-electron chi connectivity index (χ0n) is 15.5. The van der Waals surface area contributed by atoms with E-state index in [0.29, 0.717) is 31.9 Å². The maximum absolute atomic E-state index is 13.0. The molecule has 0 fully saturated rings. The minimum absolute atomic E-state index is 0.0806. The number of nitrogens with zero attached hydrogens (tertiary/aromatic N) is 2. The van der Waals surface area contributed by atoms with Gasteiger partial charge < -0.3 is 4.74 Å². The molecule has 0 amide bonds. The Balaban J connectivity index is 1.52. The van der Waals surface area contributed by atoms with Crippen LogP contribution in [0.4, 0.5) is 0 Å². The molecule has 0 spiro atoms. The Labute approximate surface area is 185 Å². The molecule has 0 aliphatic rings. The molecule has 4 nitrogen and oxygen atoms in total. The van der Waals surface area contributed by atoms with Gasteiger partial charge in [-0.15, -0.1) is 0 Å². The molecule has 0 saturated carbocycles. The molecule has 0 unspecified atom stereocenters. The molecule has 0 aliphatic heterocycles. The third kappa shape index (κ3) is 3.45. The van der Waals surface area contributed by atoms with Crippen molar-refractivity contribution in [2.75, 3.05) is 0 Å². The summed E-state index contributed by atoms with van der Waals surface area (Å²) >= 11 is 13.4. The van der Waals surface area contributed by atoms with Crippen molar-refractivity contribution in [3.63, 3.8) is 0 Å². The highest BCUT2D eigenvalue weighted by atomic mass is 35.5. The first-order chi connectivity index (χ1) is 14.6. The van der Waals surface area contributed by atoms with Crippen LogP contribution in [-0.2, 0) is 6.61 Å². The van der Waals surface area contributed by atoms with E-state index in [1.807, 2.05) is 60.7 Å². The maximum atomic E-state index is 13.0. The Morgan fingerprint density at radius 3 is 2.67 bits per heavy atom. The highest BCUT2D eigenvalue weighted by Gasteiger charge is 2.11. The standard InChI is InChI=1S/C23H14Cl2N2O2S/c24-16-10-9-14(11-17(16)25)13-29-20-8-4-1-5-15(20)12-21-22(28)27-19-7-3-2-6-18(19)26-23(27)30-21/h1-12H,13H2. The van der Waals surface area contributed by atoms with Gasteiger partial charge in [-0.3, -0.25) is 4.79 Å². The second-order valence-electron chi connectivity index (χ2n) is 6.71. The van der Waals surface area contributed by atoms with Crippen molar-refractivity contribution in [1.82, 2.24) is 9.38 Å². The highest BCUT2D eigenvalue weighted by molar-refractivity contribution is 7.15. The second-order valence-corrected chi connectivity index (χ2v) is 8.53. The molecule has 0 aliphatic carbocycles. The molecule has 7 heteroatoms. The van der Waals surface area contributed by atoms with E-state index in [0.717, 1.165) is 22.2 Å². The van der Waals surface area contributed by atoms with Crippen molar-refractivity contribution >= 4 is 56.6 Å². The first-order valence-corrected chi connectivity index (χ1v) is 10.7. The Morgan fingerprint density at radius 1 is 1.00 bits per heavy atom. The average Bonchev–Trinajstić information content (AvgIpc) is 3.26. The summed E-state index contributed by atoms with van der Waals surface area (Å²) in [5.74, 6) is 0.680. The number of fused-ring (bicyclic) bond motifs is 3. The summed E-state index contributed by atoms with van der Waals surface area (Å²) in [6.45, 7) is 0.338. The van der Waals surface area contributed by atoms with Gasteiger partial charge in [-0.05, 0) is 42.0 Å². The van der Waals surface area contributed by atoms with E-state index >= 15 is 0 Å². The van der Waals surface area contributed by atoms with Crippen molar-refractivity contribution in [3.8, 4) is 5.75 Å². The number of hydrogen-bond acceptors (Lipinski definition) is 4. The quantitative estimate of drug-likeness (QED) is 0.369. The molecule has 0 N–H and O–H groups in total. The minimum atomic E-state index is -0.0806. The lowest BCUT2D eigenvalue weighted by atomic mass is 10.2. The van der Waals surface area contributed by atoms with Crippen LogP contribution in [0.15, 0.2) is 71.5 Å². The number of para-hydroxylation sites is 3. The van der Waals surface area contributed by atoms with E-state index in [2.05, 4.69) is 4.98 Å². The van der Waals surface area contributed by atoms with Gasteiger partial charge >= 0.3 is 0 Å². The van der Waals surface area contributed by atoms with Crippen LogP contribution in [0.1, 0.15) is 11.1 Å². The Kier molecular flexibility index (Phi) is 4.95. The summed E-state index contributed by atoms with van der Waals surface area (Å²) in [7, 11) is 0. The topological polar surface area (TPSA) is 43.6 Å².